The number of hydrogen-bond acceptors (Lipinski definition) is 2. The number of benzene rings is 1. The number of likely N-dealkylation sites (tertiary alicyclic amines) is 1. The van der Waals surface area contributed by atoms with E-state index < -0.39 is 0 Å². The van der Waals surface area contributed by atoms with Gasteiger partial charge in [0.2, 0.25) is 0 Å². The summed E-state index contributed by atoms with van der Waals surface area (Å²) in [5, 5.41) is 0. The molecule has 0 amide bonds. The first-order chi connectivity index (χ1) is 11.0. The fraction of sp³-hybridized carbons (Fsp3) is 0.667. The summed E-state index contributed by atoms with van der Waals surface area (Å²) in [5.74, 6) is 1.83. The molecule has 1 aromatic carbocycles. The van der Waals surface area contributed by atoms with Gasteiger partial charge in [-0.15, -0.1) is 0 Å². The number of carbonyl (C=O) groups excluding carboxylic acids is 1. The highest BCUT2D eigenvalue weighted by atomic mass is 16.1. The summed E-state index contributed by atoms with van der Waals surface area (Å²) in [6.07, 6.45) is 5.85. The molecule has 4 rings (SSSR count). The maximum absolute atomic E-state index is 13.0. The lowest BCUT2D eigenvalue weighted by Crippen LogP contribution is -2.55. The Bertz CT molecular complexity index is 633. The van der Waals surface area contributed by atoms with Crippen LogP contribution in [0.4, 0.5) is 0 Å². The summed E-state index contributed by atoms with van der Waals surface area (Å²) in [7, 11) is 0. The minimum Gasteiger partial charge on any atom is -0.299 e. The first-order valence-corrected chi connectivity index (χ1v) is 9.43. The van der Waals surface area contributed by atoms with Gasteiger partial charge in [0.25, 0.3) is 0 Å². The number of fused-ring (bicyclic) bond motifs is 4. The number of nitrogens with zero attached hydrogens (tertiary/aromatic N) is 1. The van der Waals surface area contributed by atoms with Gasteiger partial charge in [-0.05, 0) is 56.6 Å². The molecule has 0 N–H and O–H groups in total. The highest BCUT2D eigenvalue weighted by Crippen LogP contribution is 2.50. The van der Waals surface area contributed by atoms with E-state index in [1.54, 1.807) is 0 Å². The first-order valence-electron chi connectivity index (χ1n) is 9.43. The Balaban J connectivity index is 1.79. The summed E-state index contributed by atoms with van der Waals surface area (Å²) in [6.45, 7) is 9.28. The lowest BCUT2D eigenvalue weighted by atomic mass is 9.62. The molecule has 2 heteroatoms. The van der Waals surface area contributed by atoms with Crippen molar-refractivity contribution < 1.29 is 4.79 Å². The number of carbonyl (C=O) groups is 1. The Kier molecular flexibility index (Phi) is 3.64. The van der Waals surface area contributed by atoms with Crippen molar-refractivity contribution in [3.05, 3.63) is 34.9 Å². The standard InChI is InChI=1S/C21H29NO/c1-4-21-9-10-22(13-16-6-7-16)19(15(21)3)12-20(23)17-8-5-14(2)11-18(17)21/h5,8,11,15-16,19H,4,6-7,9-10,12-13H2,1-3H3. The predicted molar refractivity (Wildman–Crippen MR) is 94.0 cm³/mol. The van der Waals surface area contributed by atoms with Gasteiger partial charge in [0.15, 0.2) is 5.78 Å². The van der Waals surface area contributed by atoms with E-state index in [9.17, 15) is 4.79 Å². The predicted octanol–water partition coefficient (Wildman–Crippen LogP) is 4.35. The van der Waals surface area contributed by atoms with Crippen molar-refractivity contribution in [3.63, 3.8) is 0 Å². The molecule has 1 aromatic rings. The molecule has 0 aromatic heterocycles. The Morgan fingerprint density at radius 2 is 2.09 bits per heavy atom. The Labute approximate surface area is 140 Å². The van der Waals surface area contributed by atoms with Crippen LogP contribution in [0.5, 0.6) is 0 Å². The van der Waals surface area contributed by atoms with Gasteiger partial charge in [0.1, 0.15) is 0 Å². The molecule has 23 heavy (non-hydrogen) atoms. The van der Waals surface area contributed by atoms with E-state index in [2.05, 4.69) is 43.9 Å². The molecule has 1 saturated carbocycles. The third-order valence-corrected chi connectivity index (χ3v) is 6.99. The van der Waals surface area contributed by atoms with Crippen LogP contribution >= 0.6 is 0 Å². The van der Waals surface area contributed by atoms with E-state index in [0.29, 0.717) is 24.2 Å². The Morgan fingerprint density at radius 1 is 1.30 bits per heavy atom. The van der Waals surface area contributed by atoms with E-state index in [-0.39, 0.29) is 5.41 Å². The second kappa shape index (κ2) is 5.44. The minimum atomic E-state index is 0.193. The van der Waals surface area contributed by atoms with Crippen LogP contribution in [0.2, 0.25) is 0 Å². The number of aryl methyl sites for hydroxylation is 1. The molecule has 1 saturated heterocycles. The first kappa shape index (κ1) is 15.4. The second-order valence-electron chi connectivity index (χ2n) is 8.23. The van der Waals surface area contributed by atoms with Crippen LogP contribution in [0.25, 0.3) is 0 Å². The summed E-state index contributed by atoms with van der Waals surface area (Å²) in [6, 6.07) is 6.96. The van der Waals surface area contributed by atoms with Crippen molar-refractivity contribution >= 4 is 5.78 Å². The SMILES string of the molecule is CCC12CCN(CC3CC3)C(CC(=O)c3ccc(C)cc31)C2C. The molecule has 3 aliphatic rings. The van der Waals surface area contributed by atoms with E-state index in [1.165, 1.54) is 43.5 Å². The van der Waals surface area contributed by atoms with Crippen LogP contribution in [0.15, 0.2) is 18.2 Å². The molecule has 2 nitrogen and oxygen atoms in total. The van der Waals surface area contributed by atoms with E-state index >= 15 is 0 Å². The van der Waals surface area contributed by atoms with Crippen molar-refractivity contribution in [2.45, 2.75) is 64.3 Å². The number of piperidine rings is 1. The van der Waals surface area contributed by atoms with Crippen LogP contribution in [0.1, 0.15) is 67.4 Å². The highest BCUT2D eigenvalue weighted by molar-refractivity contribution is 5.99. The fourth-order valence-corrected chi connectivity index (χ4v) is 5.27. The van der Waals surface area contributed by atoms with Gasteiger partial charge < -0.3 is 0 Å². The molecular formula is C21H29NO. The molecule has 3 unspecified atom stereocenters. The second-order valence-corrected chi connectivity index (χ2v) is 8.23. The third-order valence-electron chi connectivity index (χ3n) is 6.99. The normalized spacial score (nSPS) is 34.1. The maximum Gasteiger partial charge on any atom is 0.164 e. The number of Topliss-reactive ketones (excluding diaryl/α,β-unsaturated/α-hetero) is 1. The third kappa shape index (κ3) is 2.38. The quantitative estimate of drug-likeness (QED) is 0.827. The maximum atomic E-state index is 13.0. The van der Waals surface area contributed by atoms with Gasteiger partial charge in [-0.2, -0.15) is 0 Å². The topological polar surface area (TPSA) is 20.3 Å². The molecule has 3 atom stereocenters. The Hall–Kier alpha value is -1.15. The Morgan fingerprint density at radius 3 is 2.78 bits per heavy atom. The van der Waals surface area contributed by atoms with Gasteiger partial charge in [-0.3, -0.25) is 9.69 Å². The van der Waals surface area contributed by atoms with Crippen molar-refractivity contribution in [1.82, 2.24) is 4.90 Å². The van der Waals surface area contributed by atoms with E-state index in [0.717, 1.165) is 17.9 Å². The monoisotopic (exact) mass is 311 g/mol. The molecule has 1 heterocycles. The summed E-state index contributed by atoms with van der Waals surface area (Å²) in [4.78, 5) is 15.6. The van der Waals surface area contributed by atoms with Crippen LogP contribution < -0.4 is 0 Å². The summed E-state index contributed by atoms with van der Waals surface area (Å²) in [5.41, 5.74) is 3.85. The zero-order chi connectivity index (χ0) is 16.2. The fourth-order valence-electron chi connectivity index (χ4n) is 5.27. The average molecular weight is 311 g/mol. The number of ketones is 1. The average Bonchev–Trinajstić information content (AvgIpc) is 3.35. The summed E-state index contributed by atoms with van der Waals surface area (Å²) >= 11 is 0. The number of rotatable bonds is 3. The van der Waals surface area contributed by atoms with Gasteiger partial charge in [0, 0.05) is 30.0 Å². The lowest BCUT2D eigenvalue weighted by Gasteiger charge is -2.51. The van der Waals surface area contributed by atoms with Crippen LogP contribution in [-0.2, 0) is 5.41 Å². The van der Waals surface area contributed by atoms with Crippen LogP contribution in [-0.4, -0.2) is 29.8 Å². The molecule has 2 fully saturated rings. The molecular weight excluding hydrogens is 282 g/mol. The zero-order valence-corrected chi connectivity index (χ0v) is 14.8. The summed E-state index contributed by atoms with van der Waals surface area (Å²) < 4.78 is 0. The van der Waals surface area contributed by atoms with Crippen LogP contribution in [0, 0.1) is 18.8 Å². The molecule has 2 bridgehead atoms. The van der Waals surface area contributed by atoms with Crippen molar-refractivity contribution in [2.24, 2.45) is 11.8 Å². The highest BCUT2D eigenvalue weighted by Gasteiger charge is 2.50. The van der Waals surface area contributed by atoms with Crippen molar-refractivity contribution in [3.8, 4) is 0 Å². The zero-order valence-electron chi connectivity index (χ0n) is 14.8. The van der Waals surface area contributed by atoms with Gasteiger partial charge in [-0.1, -0.05) is 37.6 Å². The van der Waals surface area contributed by atoms with Gasteiger partial charge >= 0.3 is 0 Å². The van der Waals surface area contributed by atoms with E-state index in [4.69, 9.17) is 0 Å². The largest absolute Gasteiger partial charge is 0.299 e. The van der Waals surface area contributed by atoms with Crippen molar-refractivity contribution in [2.75, 3.05) is 13.1 Å². The lowest BCUT2D eigenvalue weighted by molar-refractivity contribution is 0.0294. The van der Waals surface area contributed by atoms with Gasteiger partial charge in [-0.25, -0.2) is 0 Å². The van der Waals surface area contributed by atoms with Gasteiger partial charge in [0.05, 0.1) is 0 Å². The molecule has 124 valence electrons. The smallest absolute Gasteiger partial charge is 0.164 e. The molecule has 0 radical (unpaired) electrons. The van der Waals surface area contributed by atoms with Crippen molar-refractivity contribution in [1.29, 1.82) is 0 Å². The molecule has 2 aliphatic carbocycles. The van der Waals surface area contributed by atoms with E-state index in [1.807, 2.05) is 0 Å². The van der Waals surface area contributed by atoms with Crippen LogP contribution in [0.3, 0.4) is 0 Å². The number of hydrogen-bond donors (Lipinski definition) is 0. The minimum absolute atomic E-state index is 0.193. The molecule has 1 aliphatic heterocycles. The molecule has 0 spiro atoms.